The number of nitrogens with one attached hydrogen (secondary N) is 1. The monoisotopic (exact) mass is 194 g/mol. The zero-order valence-electron chi connectivity index (χ0n) is 9.00. The lowest BCUT2D eigenvalue weighted by atomic mass is 10.2. The van der Waals surface area contributed by atoms with Gasteiger partial charge in [0.15, 0.2) is 0 Å². The lowest BCUT2D eigenvalue weighted by Crippen LogP contribution is -2.18. The summed E-state index contributed by atoms with van der Waals surface area (Å²) < 4.78 is 5.13. The van der Waals surface area contributed by atoms with Crippen LogP contribution >= 0.6 is 0 Å². The van der Waals surface area contributed by atoms with E-state index in [1.54, 1.807) is 7.11 Å². The highest BCUT2D eigenvalue weighted by molar-refractivity contribution is 5.58. The van der Waals surface area contributed by atoms with Gasteiger partial charge in [-0.05, 0) is 31.5 Å². The quantitative estimate of drug-likeness (QED) is 0.721. The van der Waals surface area contributed by atoms with Gasteiger partial charge in [-0.25, -0.2) is 0 Å². The van der Waals surface area contributed by atoms with Crippen LogP contribution in [0.3, 0.4) is 0 Å². The van der Waals surface area contributed by atoms with Crippen molar-refractivity contribution >= 4 is 11.4 Å². The Morgan fingerprint density at radius 2 is 2.21 bits per heavy atom. The van der Waals surface area contributed by atoms with Gasteiger partial charge in [-0.15, -0.1) is 0 Å². The molecule has 3 N–H and O–H groups in total. The minimum atomic E-state index is 0.206. The maximum atomic E-state index is 5.79. The minimum absolute atomic E-state index is 0.206. The third-order valence-electron chi connectivity index (χ3n) is 2.28. The molecule has 0 aromatic heterocycles. The van der Waals surface area contributed by atoms with Crippen LogP contribution in [0.1, 0.15) is 12.5 Å². The molecular weight excluding hydrogens is 176 g/mol. The molecular formula is C11H18N2O. The van der Waals surface area contributed by atoms with Gasteiger partial charge >= 0.3 is 0 Å². The van der Waals surface area contributed by atoms with Crippen LogP contribution in [0.15, 0.2) is 18.2 Å². The molecule has 0 aliphatic carbocycles. The Kier molecular flexibility index (Phi) is 3.77. The number of aryl methyl sites for hydroxylation is 1. The van der Waals surface area contributed by atoms with Crippen LogP contribution in [-0.2, 0) is 4.74 Å². The van der Waals surface area contributed by atoms with Gasteiger partial charge in [-0.1, -0.05) is 6.07 Å². The molecule has 0 aliphatic rings. The molecule has 0 aliphatic heterocycles. The van der Waals surface area contributed by atoms with Gasteiger partial charge in [0.05, 0.1) is 6.10 Å². The number of hydrogen-bond acceptors (Lipinski definition) is 3. The van der Waals surface area contributed by atoms with E-state index in [2.05, 4.69) is 5.32 Å². The van der Waals surface area contributed by atoms with Gasteiger partial charge in [0, 0.05) is 25.0 Å². The highest BCUT2D eigenvalue weighted by atomic mass is 16.5. The van der Waals surface area contributed by atoms with Gasteiger partial charge < -0.3 is 15.8 Å². The van der Waals surface area contributed by atoms with E-state index in [9.17, 15) is 0 Å². The number of rotatable bonds is 4. The minimum Gasteiger partial charge on any atom is -0.398 e. The van der Waals surface area contributed by atoms with Crippen molar-refractivity contribution in [2.24, 2.45) is 0 Å². The number of nitrogen functional groups attached to an aromatic ring is 1. The Bertz CT molecular complexity index is 299. The summed E-state index contributed by atoms with van der Waals surface area (Å²) in [5, 5.41) is 3.26. The van der Waals surface area contributed by atoms with Crippen molar-refractivity contribution in [3.63, 3.8) is 0 Å². The average molecular weight is 194 g/mol. The first-order valence-corrected chi connectivity index (χ1v) is 4.76. The summed E-state index contributed by atoms with van der Waals surface area (Å²) in [5.74, 6) is 0. The molecule has 1 aromatic rings. The van der Waals surface area contributed by atoms with E-state index in [4.69, 9.17) is 10.5 Å². The second-order valence-electron chi connectivity index (χ2n) is 3.50. The fourth-order valence-corrected chi connectivity index (χ4v) is 1.10. The van der Waals surface area contributed by atoms with Crippen LogP contribution in [0.5, 0.6) is 0 Å². The first-order chi connectivity index (χ1) is 6.63. The van der Waals surface area contributed by atoms with Gasteiger partial charge in [0.1, 0.15) is 0 Å². The number of methoxy groups -OCH3 is 1. The number of anilines is 2. The fourth-order valence-electron chi connectivity index (χ4n) is 1.10. The Morgan fingerprint density at radius 3 is 2.79 bits per heavy atom. The van der Waals surface area contributed by atoms with Crippen molar-refractivity contribution in [3.8, 4) is 0 Å². The van der Waals surface area contributed by atoms with Crippen molar-refractivity contribution in [2.45, 2.75) is 20.0 Å². The molecule has 1 aromatic carbocycles. The molecule has 0 amide bonds. The average Bonchev–Trinajstić information content (AvgIpc) is 2.19. The third-order valence-corrected chi connectivity index (χ3v) is 2.28. The van der Waals surface area contributed by atoms with E-state index in [1.165, 1.54) is 0 Å². The SMILES string of the molecule is COC(C)CNc1ccc(C)c(N)c1. The third kappa shape index (κ3) is 2.92. The van der Waals surface area contributed by atoms with Gasteiger partial charge in [0.2, 0.25) is 0 Å². The summed E-state index contributed by atoms with van der Waals surface area (Å²) in [7, 11) is 1.70. The summed E-state index contributed by atoms with van der Waals surface area (Å²) in [6.45, 7) is 4.81. The van der Waals surface area contributed by atoms with E-state index in [-0.39, 0.29) is 6.10 Å². The molecule has 78 valence electrons. The van der Waals surface area contributed by atoms with E-state index in [1.807, 2.05) is 32.0 Å². The van der Waals surface area contributed by atoms with Crippen LogP contribution in [0.2, 0.25) is 0 Å². The molecule has 3 heteroatoms. The molecule has 0 spiro atoms. The van der Waals surface area contributed by atoms with Gasteiger partial charge in [0.25, 0.3) is 0 Å². The van der Waals surface area contributed by atoms with Crippen molar-refractivity contribution in [3.05, 3.63) is 23.8 Å². The second kappa shape index (κ2) is 4.86. The Labute approximate surface area is 85.3 Å². The van der Waals surface area contributed by atoms with Crippen molar-refractivity contribution in [1.29, 1.82) is 0 Å². The zero-order chi connectivity index (χ0) is 10.6. The number of nitrogens with two attached hydrogens (primary N) is 1. The normalized spacial score (nSPS) is 12.5. The van der Waals surface area contributed by atoms with E-state index < -0.39 is 0 Å². The fraction of sp³-hybridized carbons (Fsp3) is 0.455. The lowest BCUT2D eigenvalue weighted by Gasteiger charge is -2.12. The summed E-state index contributed by atoms with van der Waals surface area (Å²) in [5.41, 5.74) is 8.75. The lowest BCUT2D eigenvalue weighted by molar-refractivity contribution is 0.129. The second-order valence-corrected chi connectivity index (χ2v) is 3.50. The standard InChI is InChI=1S/C11H18N2O/c1-8-4-5-10(6-11(8)12)13-7-9(2)14-3/h4-6,9,13H,7,12H2,1-3H3. The molecule has 0 fully saturated rings. The van der Waals surface area contributed by atoms with E-state index in [0.717, 1.165) is 23.5 Å². The van der Waals surface area contributed by atoms with Gasteiger partial charge in [-0.2, -0.15) is 0 Å². The molecule has 1 unspecified atom stereocenters. The maximum Gasteiger partial charge on any atom is 0.0715 e. The Balaban J connectivity index is 2.55. The maximum absolute atomic E-state index is 5.79. The van der Waals surface area contributed by atoms with Crippen LogP contribution in [0.4, 0.5) is 11.4 Å². The molecule has 0 radical (unpaired) electrons. The topological polar surface area (TPSA) is 47.3 Å². The molecule has 0 saturated carbocycles. The summed E-state index contributed by atoms with van der Waals surface area (Å²) in [6, 6.07) is 5.97. The first-order valence-electron chi connectivity index (χ1n) is 4.76. The summed E-state index contributed by atoms with van der Waals surface area (Å²) >= 11 is 0. The molecule has 0 bridgehead atoms. The predicted molar refractivity (Wildman–Crippen MR) is 60.6 cm³/mol. The highest BCUT2D eigenvalue weighted by Crippen LogP contribution is 2.16. The van der Waals surface area contributed by atoms with Crippen LogP contribution in [0, 0.1) is 6.92 Å². The number of hydrogen-bond donors (Lipinski definition) is 2. The smallest absolute Gasteiger partial charge is 0.0715 e. The van der Waals surface area contributed by atoms with E-state index in [0.29, 0.717) is 0 Å². The molecule has 1 atom stereocenters. The van der Waals surface area contributed by atoms with Crippen molar-refractivity contribution in [1.82, 2.24) is 0 Å². The largest absolute Gasteiger partial charge is 0.398 e. The highest BCUT2D eigenvalue weighted by Gasteiger charge is 2.00. The number of benzene rings is 1. The zero-order valence-corrected chi connectivity index (χ0v) is 9.00. The molecule has 0 saturated heterocycles. The summed E-state index contributed by atoms with van der Waals surface area (Å²) in [6.07, 6.45) is 0.206. The molecule has 1 rings (SSSR count). The van der Waals surface area contributed by atoms with Crippen LogP contribution < -0.4 is 11.1 Å². The van der Waals surface area contributed by atoms with E-state index >= 15 is 0 Å². The van der Waals surface area contributed by atoms with Crippen LogP contribution in [0.25, 0.3) is 0 Å². The van der Waals surface area contributed by atoms with Crippen molar-refractivity contribution in [2.75, 3.05) is 24.7 Å². The first kappa shape index (κ1) is 10.9. The molecule has 14 heavy (non-hydrogen) atoms. The summed E-state index contributed by atoms with van der Waals surface area (Å²) in [4.78, 5) is 0. The van der Waals surface area contributed by atoms with Crippen molar-refractivity contribution < 1.29 is 4.74 Å². The van der Waals surface area contributed by atoms with Crippen LogP contribution in [-0.4, -0.2) is 19.8 Å². The number of ether oxygens (including phenoxy) is 1. The Morgan fingerprint density at radius 1 is 1.50 bits per heavy atom. The Hall–Kier alpha value is -1.22. The molecule has 3 nitrogen and oxygen atoms in total. The molecule has 0 heterocycles. The predicted octanol–water partition coefficient (Wildman–Crippen LogP) is 2.02. The van der Waals surface area contributed by atoms with Gasteiger partial charge in [-0.3, -0.25) is 0 Å².